The predicted molar refractivity (Wildman–Crippen MR) is 128 cm³/mol. The summed E-state index contributed by atoms with van der Waals surface area (Å²) in [6.07, 6.45) is 0.592. The number of fused-ring (bicyclic) bond motifs is 1. The molecule has 1 saturated heterocycles. The molecular formula is C22H24BrN5O3Si. The zero-order valence-electron chi connectivity index (χ0n) is 18.1. The van der Waals surface area contributed by atoms with Crippen molar-refractivity contribution < 1.29 is 14.4 Å². The average molecular weight is 514 g/mol. The first-order valence-electron chi connectivity index (χ1n) is 10.3. The summed E-state index contributed by atoms with van der Waals surface area (Å²) in [7, 11) is -1.77. The number of carbonyl (C=O) groups excluding carboxylic acids is 3. The number of nitrogens with one attached hydrogen (secondary N) is 1. The Balaban J connectivity index is 1.58. The maximum Gasteiger partial charge on any atom is 0.248 e. The smallest absolute Gasteiger partial charge is 0.248 e. The van der Waals surface area contributed by atoms with Gasteiger partial charge in [-0.25, -0.2) is 4.98 Å². The Hall–Kier alpha value is -2.85. The van der Waals surface area contributed by atoms with E-state index >= 15 is 0 Å². The molecule has 0 radical (unpaired) electrons. The zero-order valence-corrected chi connectivity index (χ0v) is 20.7. The number of carbonyl (C=O) groups is 3. The third kappa shape index (κ3) is 4.51. The first-order chi connectivity index (χ1) is 15.1. The van der Waals surface area contributed by atoms with Crippen LogP contribution in [-0.2, 0) is 16.1 Å². The van der Waals surface area contributed by atoms with Gasteiger partial charge in [0.15, 0.2) is 5.78 Å². The summed E-state index contributed by atoms with van der Waals surface area (Å²) in [5, 5.41) is 7.96. The highest BCUT2D eigenvalue weighted by molar-refractivity contribution is 9.10. The van der Waals surface area contributed by atoms with Crippen LogP contribution in [0.25, 0.3) is 10.9 Å². The van der Waals surface area contributed by atoms with Crippen LogP contribution in [-0.4, -0.2) is 57.5 Å². The van der Waals surface area contributed by atoms with Gasteiger partial charge in [0.05, 0.1) is 13.6 Å². The quantitative estimate of drug-likeness (QED) is 0.320. The number of pyridine rings is 1. The lowest BCUT2D eigenvalue weighted by atomic mass is 10.2. The van der Waals surface area contributed by atoms with E-state index in [-0.39, 0.29) is 24.1 Å². The second kappa shape index (κ2) is 8.59. The third-order valence-corrected chi connectivity index (χ3v) is 8.72. The second-order valence-corrected chi connectivity index (χ2v) is 14.7. The fourth-order valence-corrected chi connectivity index (χ4v) is 7.42. The first kappa shape index (κ1) is 22.3. The highest BCUT2D eigenvalue weighted by atomic mass is 79.9. The van der Waals surface area contributed by atoms with Gasteiger partial charge >= 0.3 is 0 Å². The Labute approximate surface area is 195 Å². The van der Waals surface area contributed by atoms with Gasteiger partial charge in [-0.1, -0.05) is 37.4 Å². The zero-order chi connectivity index (χ0) is 23.0. The normalized spacial score (nSPS) is 17.5. The highest BCUT2D eigenvalue weighted by Crippen LogP contribution is 2.28. The van der Waals surface area contributed by atoms with Gasteiger partial charge in [0, 0.05) is 18.5 Å². The van der Waals surface area contributed by atoms with Crippen molar-refractivity contribution in [3.63, 3.8) is 0 Å². The molecule has 1 atom stereocenters. The van der Waals surface area contributed by atoms with Gasteiger partial charge < -0.3 is 10.2 Å². The molecule has 8 nitrogen and oxygen atoms in total. The fraction of sp³-hybridized carbons (Fsp3) is 0.318. The van der Waals surface area contributed by atoms with Crippen molar-refractivity contribution >= 4 is 58.3 Å². The van der Waals surface area contributed by atoms with Crippen LogP contribution in [0.5, 0.6) is 0 Å². The molecule has 3 heterocycles. The Morgan fingerprint density at radius 1 is 1.16 bits per heavy atom. The Bertz CT molecular complexity index is 1230. The standard InChI is InChI=1S/C22H24BrN5O3Si/c1-14(29)21-15-7-4-5-8-16(15)28(26-21)11-20(30)27-13-32(2,3)12-17(27)22(31)25-19-10-6-9-18(23)24-19/h4-10,17H,11-13H2,1-3H3,(H,24,25,31)/t17-/m0/s1. The minimum Gasteiger partial charge on any atom is -0.332 e. The van der Waals surface area contributed by atoms with E-state index < -0.39 is 14.1 Å². The van der Waals surface area contributed by atoms with Crippen molar-refractivity contribution in [1.29, 1.82) is 0 Å². The molecule has 4 rings (SSSR count). The monoisotopic (exact) mass is 513 g/mol. The molecule has 1 aliphatic rings. The van der Waals surface area contributed by atoms with Crippen LogP contribution in [0.3, 0.4) is 0 Å². The van der Waals surface area contributed by atoms with Crippen LogP contribution in [0.4, 0.5) is 5.82 Å². The Morgan fingerprint density at radius 3 is 2.62 bits per heavy atom. The molecule has 3 aromatic rings. The summed E-state index contributed by atoms with van der Waals surface area (Å²) in [5.74, 6) is -0.140. The molecule has 2 aromatic heterocycles. The molecule has 1 fully saturated rings. The first-order valence-corrected chi connectivity index (χ1v) is 14.5. The summed E-state index contributed by atoms with van der Waals surface area (Å²) in [6.45, 7) is 5.78. The van der Waals surface area contributed by atoms with Gasteiger partial charge in [0.25, 0.3) is 0 Å². The molecule has 0 saturated carbocycles. The van der Waals surface area contributed by atoms with Crippen molar-refractivity contribution in [3.05, 3.63) is 52.8 Å². The van der Waals surface area contributed by atoms with Gasteiger partial charge in [-0.05, 0) is 40.2 Å². The van der Waals surface area contributed by atoms with E-state index in [9.17, 15) is 14.4 Å². The van der Waals surface area contributed by atoms with Crippen LogP contribution < -0.4 is 5.32 Å². The van der Waals surface area contributed by atoms with E-state index in [0.717, 1.165) is 10.9 Å². The van der Waals surface area contributed by atoms with E-state index in [4.69, 9.17) is 0 Å². The molecular weight excluding hydrogens is 490 g/mol. The molecule has 1 N–H and O–H groups in total. The van der Waals surface area contributed by atoms with Crippen molar-refractivity contribution in [1.82, 2.24) is 19.7 Å². The van der Waals surface area contributed by atoms with Crippen molar-refractivity contribution in [3.8, 4) is 0 Å². The van der Waals surface area contributed by atoms with Gasteiger partial charge in [-0.2, -0.15) is 5.10 Å². The van der Waals surface area contributed by atoms with Crippen molar-refractivity contribution in [2.75, 3.05) is 11.5 Å². The number of benzene rings is 1. The number of anilines is 1. The topological polar surface area (TPSA) is 97.2 Å². The minimum atomic E-state index is -1.77. The minimum absolute atomic E-state index is 0.0306. The molecule has 10 heteroatoms. The Morgan fingerprint density at radius 2 is 1.91 bits per heavy atom. The molecule has 0 bridgehead atoms. The fourth-order valence-electron chi connectivity index (χ4n) is 4.18. The van der Waals surface area contributed by atoms with Gasteiger partial charge in [-0.15, -0.1) is 0 Å². The lowest BCUT2D eigenvalue weighted by Crippen LogP contribution is -2.45. The number of amides is 2. The molecule has 0 aliphatic carbocycles. The van der Waals surface area contributed by atoms with Crippen LogP contribution >= 0.6 is 15.9 Å². The number of aromatic nitrogens is 3. The molecule has 166 valence electrons. The van der Waals surface area contributed by atoms with Crippen LogP contribution in [0.15, 0.2) is 47.1 Å². The Kier molecular flexibility index (Phi) is 6.00. The van der Waals surface area contributed by atoms with E-state index in [0.29, 0.717) is 28.3 Å². The number of nitrogens with zero attached hydrogens (tertiary/aromatic N) is 4. The molecule has 2 amide bonds. The van der Waals surface area contributed by atoms with Gasteiger partial charge in [-0.3, -0.25) is 19.1 Å². The number of para-hydroxylation sites is 1. The lowest BCUT2D eigenvalue weighted by Gasteiger charge is -2.24. The van der Waals surface area contributed by atoms with Gasteiger partial charge in [0.2, 0.25) is 11.8 Å². The number of ketones is 1. The lowest BCUT2D eigenvalue weighted by molar-refractivity contribution is -0.136. The third-order valence-electron chi connectivity index (χ3n) is 5.59. The van der Waals surface area contributed by atoms with E-state index in [1.807, 2.05) is 24.3 Å². The van der Waals surface area contributed by atoms with Crippen molar-refractivity contribution in [2.45, 2.75) is 38.6 Å². The number of hydrogen-bond donors (Lipinski definition) is 1. The number of rotatable bonds is 5. The highest BCUT2D eigenvalue weighted by Gasteiger charge is 2.45. The average Bonchev–Trinajstić information content (AvgIpc) is 3.26. The molecule has 1 aromatic carbocycles. The summed E-state index contributed by atoms with van der Waals surface area (Å²) < 4.78 is 2.18. The van der Waals surface area contributed by atoms with Crippen LogP contribution in [0, 0.1) is 0 Å². The van der Waals surface area contributed by atoms with Gasteiger partial charge in [0.1, 0.15) is 28.7 Å². The largest absolute Gasteiger partial charge is 0.332 e. The maximum absolute atomic E-state index is 13.3. The van der Waals surface area contributed by atoms with E-state index in [1.165, 1.54) is 6.92 Å². The number of hydrogen-bond acceptors (Lipinski definition) is 5. The number of Topliss-reactive ketones (excluding diaryl/α,β-unsaturated/α-hetero) is 1. The van der Waals surface area contributed by atoms with E-state index in [1.54, 1.807) is 27.8 Å². The SMILES string of the molecule is CC(=O)c1nn(CC(=O)N2C[Si](C)(C)C[C@H]2C(=O)Nc2cccc(Br)n2)c2ccccc12. The molecule has 0 spiro atoms. The van der Waals surface area contributed by atoms with Crippen molar-refractivity contribution in [2.24, 2.45) is 0 Å². The molecule has 0 unspecified atom stereocenters. The van der Waals surface area contributed by atoms with Crippen LogP contribution in [0.1, 0.15) is 17.4 Å². The summed E-state index contributed by atoms with van der Waals surface area (Å²) >= 11 is 3.30. The summed E-state index contributed by atoms with van der Waals surface area (Å²) in [5.41, 5.74) is 1.07. The number of halogens is 1. The molecule has 1 aliphatic heterocycles. The van der Waals surface area contributed by atoms with E-state index in [2.05, 4.69) is 44.4 Å². The maximum atomic E-state index is 13.3. The summed E-state index contributed by atoms with van der Waals surface area (Å²) in [4.78, 5) is 44.4. The summed E-state index contributed by atoms with van der Waals surface area (Å²) in [6, 6.07) is 12.8. The predicted octanol–water partition coefficient (Wildman–Crippen LogP) is 3.49. The molecule has 32 heavy (non-hydrogen) atoms. The second-order valence-electron chi connectivity index (χ2n) is 8.82. The van der Waals surface area contributed by atoms with Crippen LogP contribution in [0.2, 0.25) is 19.1 Å².